The summed E-state index contributed by atoms with van der Waals surface area (Å²) in [4.78, 5) is 0.387. The number of benzene rings is 1. The Morgan fingerprint density at radius 3 is 2.69 bits per heavy atom. The Morgan fingerprint density at radius 1 is 1.23 bits per heavy atom. The van der Waals surface area contributed by atoms with E-state index in [1.54, 1.807) is 13.2 Å². The van der Waals surface area contributed by atoms with Gasteiger partial charge in [0.1, 0.15) is 9.96 Å². The van der Waals surface area contributed by atoms with Crippen molar-refractivity contribution < 1.29 is 17.9 Å². The van der Waals surface area contributed by atoms with Gasteiger partial charge >= 0.3 is 0 Å². The summed E-state index contributed by atoms with van der Waals surface area (Å²) in [5.74, 6) is 0.704. The fourth-order valence-electron chi connectivity index (χ4n) is 2.35. The van der Waals surface area contributed by atoms with E-state index in [0.29, 0.717) is 34.6 Å². The normalized spacial score (nSPS) is 12.8. The number of hydrogen-bond donors (Lipinski definition) is 0. The molecule has 0 bridgehead atoms. The van der Waals surface area contributed by atoms with Crippen LogP contribution < -0.4 is 9.54 Å². The van der Waals surface area contributed by atoms with Gasteiger partial charge in [-0.1, -0.05) is 22.9 Å². The van der Waals surface area contributed by atoms with Crippen LogP contribution >= 0.6 is 34.3 Å². The number of thiazole rings is 1. The van der Waals surface area contributed by atoms with Gasteiger partial charge in [0, 0.05) is 13.2 Å². The second-order valence-corrected chi connectivity index (χ2v) is 9.75. The third kappa shape index (κ3) is 4.12. The molecular formula is C16H17ClN2O4S3. The van der Waals surface area contributed by atoms with E-state index in [1.807, 2.05) is 29.7 Å². The van der Waals surface area contributed by atoms with Crippen molar-refractivity contribution in [2.75, 3.05) is 20.3 Å². The number of fused-ring (bicyclic) bond motifs is 1. The minimum Gasteiger partial charge on any atom is -0.497 e. The Bertz CT molecular complexity index is 1080. The van der Waals surface area contributed by atoms with E-state index in [2.05, 4.69) is 4.40 Å². The number of nitrogens with zero attached hydrogens (tertiary/aromatic N) is 2. The summed E-state index contributed by atoms with van der Waals surface area (Å²) < 4.78 is 43.2. The van der Waals surface area contributed by atoms with Gasteiger partial charge in [-0.25, -0.2) is 0 Å². The molecule has 140 valence electrons. The van der Waals surface area contributed by atoms with E-state index >= 15 is 0 Å². The molecule has 0 spiro atoms. The lowest BCUT2D eigenvalue weighted by atomic mass is 10.3. The largest absolute Gasteiger partial charge is 0.497 e. The molecule has 2 heterocycles. The molecule has 0 amide bonds. The molecule has 0 aliphatic carbocycles. The first-order valence-electron chi connectivity index (χ1n) is 7.76. The van der Waals surface area contributed by atoms with Crippen LogP contribution in [0.1, 0.15) is 6.92 Å². The van der Waals surface area contributed by atoms with Crippen LogP contribution in [0.25, 0.3) is 10.2 Å². The molecule has 0 fully saturated rings. The third-order valence-electron chi connectivity index (χ3n) is 3.55. The SMILES string of the molecule is CCOCCn1c(=NS(=O)(=O)c2ccc(Cl)s2)sc2cc(OC)ccc21. The molecule has 6 nitrogen and oxygen atoms in total. The number of hydrogen-bond acceptors (Lipinski definition) is 6. The Labute approximate surface area is 164 Å². The van der Waals surface area contributed by atoms with Crippen LogP contribution in [-0.2, 0) is 21.3 Å². The number of aromatic nitrogens is 1. The summed E-state index contributed by atoms with van der Waals surface area (Å²) in [5, 5.41) is 0. The van der Waals surface area contributed by atoms with Crippen molar-refractivity contribution in [3.63, 3.8) is 0 Å². The molecule has 0 saturated heterocycles. The molecule has 3 rings (SSSR count). The summed E-state index contributed by atoms with van der Waals surface area (Å²) in [7, 11) is -2.24. The molecule has 0 aliphatic heterocycles. The standard InChI is InChI=1S/C16H17ClN2O4S3/c1-3-23-9-8-19-12-5-4-11(22-2)10-13(12)24-16(19)18-26(20,21)15-7-6-14(17)25-15/h4-7,10H,3,8-9H2,1-2H3. The minimum atomic E-state index is -3.83. The summed E-state index contributed by atoms with van der Waals surface area (Å²) in [5.41, 5.74) is 0.883. The van der Waals surface area contributed by atoms with Crippen molar-refractivity contribution >= 4 is 54.5 Å². The summed E-state index contributed by atoms with van der Waals surface area (Å²) in [6, 6.07) is 8.61. The Kier molecular flexibility index (Phi) is 6.03. The lowest BCUT2D eigenvalue weighted by Crippen LogP contribution is -2.19. The van der Waals surface area contributed by atoms with Crippen molar-refractivity contribution in [3.05, 3.63) is 39.5 Å². The highest BCUT2D eigenvalue weighted by atomic mass is 35.5. The van der Waals surface area contributed by atoms with Crippen molar-refractivity contribution in [2.45, 2.75) is 17.7 Å². The van der Waals surface area contributed by atoms with Crippen LogP contribution in [-0.4, -0.2) is 33.3 Å². The average molecular weight is 433 g/mol. The second kappa shape index (κ2) is 8.10. The molecule has 0 unspecified atom stereocenters. The zero-order chi connectivity index (χ0) is 18.7. The quantitative estimate of drug-likeness (QED) is 0.533. The monoisotopic (exact) mass is 432 g/mol. The molecular weight excluding hydrogens is 416 g/mol. The van der Waals surface area contributed by atoms with Crippen LogP contribution in [0.15, 0.2) is 38.9 Å². The van der Waals surface area contributed by atoms with Crippen molar-refractivity contribution in [1.29, 1.82) is 0 Å². The van der Waals surface area contributed by atoms with Gasteiger partial charge in [-0.3, -0.25) is 0 Å². The lowest BCUT2D eigenvalue weighted by Gasteiger charge is -2.06. The Morgan fingerprint density at radius 2 is 2.04 bits per heavy atom. The lowest BCUT2D eigenvalue weighted by molar-refractivity contribution is 0.139. The van der Waals surface area contributed by atoms with Gasteiger partial charge < -0.3 is 14.0 Å². The third-order valence-corrected chi connectivity index (χ3v) is 7.68. The summed E-state index contributed by atoms with van der Waals surface area (Å²) in [6.45, 7) is 3.47. The molecule has 1 aromatic carbocycles. The van der Waals surface area contributed by atoms with Gasteiger partial charge in [0.15, 0.2) is 0 Å². The van der Waals surface area contributed by atoms with Gasteiger partial charge in [-0.15, -0.1) is 15.7 Å². The highest BCUT2D eigenvalue weighted by Gasteiger charge is 2.17. The topological polar surface area (TPSA) is 69.9 Å². The first kappa shape index (κ1) is 19.4. The van der Waals surface area contributed by atoms with Crippen molar-refractivity contribution in [2.24, 2.45) is 4.40 Å². The van der Waals surface area contributed by atoms with Gasteiger partial charge in [-0.2, -0.15) is 8.42 Å². The van der Waals surface area contributed by atoms with Crippen LogP contribution in [0, 0.1) is 0 Å². The number of thiophene rings is 1. The predicted molar refractivity (Wildman–Crippen MR) is 105 cm³/mol. The maximum Gasteiger partial charge on any atom is 0.294 e. The molecule has 3 aromatic rings. The van der Waals surface area contributed by atoms with E-state index in [9.17, 15) is 8.42 Å². The van der Waals surface area contributed by atoms with Crippen LogP contribution in [0.5, 0.6) is 5.75 Å². The number of halogens is 1. The Balaban J connectivity index is 2.14. The summed E-state index contributed by atoms with van der Waals surface area (Å²) >= 11 is 8.14. The Hall–Kier alpha value is -1.39. The van der Waals surface area contributed by atoms with E-state index < -0.39 is 10.0 Å². The van der Waals surface area contributed by atoms with Crippen LogP contribution in [0.2, 0.25) is 4.34 Å². The zero-order valence-electron chi connectivity index (χ0n) is 14.1. The second-order valence-electron chi connectivity index (χ2n) is 5.19. The molecule has 0 N–H and O–H groups in total. The number of rotatable bonds is 7. The smallest absolute Gasteiger partial charge is 0.294 e. The molecule has 0 saturated carbocycles. The first-order chi connectivity index (χ1) is 12.4. The van der Waals surface area contributed by atoms with E-state index in [-0.39, 0.29) is 4.21 Å². The van der Waals surface area contributed by atoms with E-state index in [0.717, 1.165) is 21.6 Å². The maximum absolute atomic E-state index is 12.6. The zero-order valence-corrected chi connectivity index (χ0v) is 17.3. The molecule has 10 heteroatoms. The van der Waals surface area contributed by atoms with E-state index in [1.165, 1.54) is 17.4 Å². The molecule has 0 aliphatic rings. The van der Waals surface area contributed by atoms with Gasteiger partial charge in [0.05, 0.1) is 28.3 Å². The number of sulfonamides is 1. The summed E-state index contributed by atoms with van der Waals surface area (Å²) in [6.07, 6.45) is 0. The van der Waals surface area contributed by atoms with Crippen LogP contribution in [0.4, 0.5) is 0 Å². The van der Waals surface area contributed by atoms with Crippen molar-refractivity contribution in [3.8, 4) is 5.75 Å². The molecule has 26 heavy (non-hydrogen) atoms. The highest BCUT2D eigenvalue weighted by Crippen LogP contribution is 2.27. The van der Waals surface area contributed by atoms with Crippen molar-refractivity contribution in [1.82, 2.24) is 4.57 Å². The molecule has 2 aromatic heterocycles. The maximum atomic E-state index is 12.6. The van der Waals surface area contributed by atoms with Gasteiger partial charge in [-0.05, 0) is 37.3 Å². The average Bonchev–Trinajstić information content (AvgIpc) is 3.18. The highest BCUT2D eigenvalue weighted by molar-refractivity contribution is 7.92. The molecule has 0 radical (unpaired) electrons. The number of ether oxygens (including phenoxy) is 2. The minimum absolute atomic E-state index is 0.119. The fraction of sp³-hybridized carbons (Fsp3) is 0.312. The van der Waals surface area contributed by atoms with Gasteiger partial charge in [0.25, 0.3) is 10.0 Å². The van der Waals surface area contributed by atoms with Gasteiger partial charge in [0.2, 0.25) is 4.80 Å². The molecule has 0 atom stereocenters. The van der Waals surface area contributed by atoms with E-state index in [4.69, 9.17) is 21.1 Å². The fourth-order valence-corrected chi connectivity index (χ4v) is 6.10. The first-order valence-corrected chi connectivity index (χ1v) is 11.2. The predicted octanol–water partition coefficient (Wildman–Crippen LogP) is 3.75. The number of methoxy groups -OCH3 is 1. The van der Waals surface area contributed by atoms with Crippen LogP contribution in [0.3, 0.4) is 0 Å².